The zero-order valence-electron chi connectivity index (χ0n) is 9.73. The van der Waals surface area contributed by atoms with Gasteiger partial charge in [-0.05, 0) is 19.1 Å². The third kappa shape index (κ3) is 3.15. The van der Waals surface area contributed by atoms with Gasteiger partial charge in [0.05, 0.1) is 6.04 Å². The molecule has 0 aliphatic heterocycles. The molecule has 86 valence electrons. The third-order valence-electron chi connectivity index (χ3n) is 2.29. The number of nitrogens with zero attached hydrogens (tertiary/aromatic N) is 1. The molecule has 4 nitrogen and oxygen atoms in total. The number of carbonyl (C=O) groups is 2. The van der Waals surface area contributed by atoms with E-state index in [-0.39, 0.29) is 17.6 Å². The fourth-order valence-corrected chi connectivity index (χ4v) is 1.35. The van der Waals surface area contributed by atoms with Crippen LogP contribution in [0.4, 0.5) is 0 Å². The van der Waals surface area contributed by atoms with E-state index in [1.165, 1.54) is 0 Å². The molecule has 16 heavy (non-hydrogen) atoms. The molecule has 1 aromatic heterocycles. The van der Waals surface area contributed by atoms with Crippen molar-refractivity contribution in [1.82, 2.24) is 10.3 Å². The number of nitrogens with one attached hydrogen (secondary N) is 1. The van der Waals surface area contributed by atoms with Gasteiger partial charge in [0.15, 0.2) is 5.78 Å². The fraction of sp³-hybridized carbons (Fsp3) is 0.417. The van der Waals surface area contributed by atoms with E-state index < -0.39 is 6.04 Å². The molecule has 0 bridgehead atoms. The summed E-state index contributed by atoms with van der Waals surface area (Å²) in [5.74, 6) is -0.293. The Morgan fingerprint density at radius 2 is 1.75 bits per heavy atom. The number of pyridine rings is 1. The van der Waals surface area contributed by atoms with E-state index in [0.29, 0.717) is 5.56 Å². The maximum Gasteiger partial charge on any atom is 0.251 e. The largest absolute Gasteiger partial charge is 0.343 e. The number of hydrogen-bond donors (Lipinski definition) is 1. The van der Waals surface area contributed by atoms with Gasteiger partial charge in [-0.2, -0.15) is 0 Å². The van der Waals surface area contributed by atoms with Crippen LogP contribution in [0.3, 0.4) is 0 Å². The molecule has 1 amide bonds. The van der Waals surface area contributed by atoms with Crippen LogP contribution in [0, 0.1) is 5.92 Å². The lowest BCUT2D eigenvalue weighted by Crippen LogP contribution is -2.40. The molecule has 1 aromatic rings. The Balaban J connectivity index is 2.62. The number of carbonyl (C=O) groups excluding carboxylic acids is 2. The average molecular weight is 220 g/mol. The van der Waals surface area contributed by atoms with Gasteiger partial charge in [-0.25, -0.2) is 0 Å². The van der Waals surface area contributed by atoms with Crippen LogP contribution in [-0.2, 0) is 4.79 Å². The molecule has 4 heteroatoms. The van der Waals surface area contributed by atoms with Crippen LogP contribution in [0.15, 0.2) is 24.5 Å². The molecule has 1 atom stereocenters. The van der Waals surface area contributed by atoms with Crippen LogP contribution in [0.25, 0.3) is 0 Å². The van der Waals surface area contributed by atoms with Gasteiger partial charge >= 0.3 is 0 Å². The van der Waals surface area contributed by atoms with Gasteiger partial charge < -0.3 is 5.32 Å². The molecule has 0 aliphatic rings. The van der Waals surface area contributed by atoms with Gasteiger partial charge in [0.1, 0.15) is 0 Å². The van der Waals surface area contributed by atoms with Gasteiger partial charge in [0.2, 0.25) is 0 Å². The van der Waals surface area contributed by atoms with Crippen molar-refractivity contribution in [2.75, 3.05) is 0 Å². The van der Waals surface area contributed by atoms with Crippen molar-refractivity contribution < 1.29 is 9.59 Å². The summed E-state index contributed by atoms with van der Waals surface area (Å²) < 4.78 is 0. The minimum atomic E-state index is -0.458. The van der Waals surface area contributed by atoms with E-state index in [9.17, 15) is 9.59 Å². The second-order valence-electron chi connectivity index (χ2n) is 3.99. The van der Waals surface area contributed by atoms with Crippen LogP contribution in [0.5, 0.6) is 0 Å². The quantitative estimate of drug-likeness (QED) is 0.835. The number of amides is 1. The van der Waals surface area contributed by atoms with E-state index in [0.717, 1.165) is 0 Å². The molecule has 0 fully saturated rings. The lowest BCUT2D eigenvalue weighted by Gasteiger charge is -2.14. The Kier molecular flexibility index (Phi) is 4.17. The molecule has 0 saturated heterocycles. The molecule has 0 unspecified atom stereocenters. The number of rotatable bonds is 4. The molecule has 0 radical (unpaired) electrons. The monoisotopic (exact) mass is 220 g/mol. The minimum Gasteiger partial charge on any atom is -0.343 e. The van der Waals surface area contributed by atoms with E-state index in [1.807, 2.05) is 13.8 Å². The molecule has 0 saturated carbocycles. The Morgan fingerprint density at radius 1 is 1.19 bits per heavy atom. The molecule has 0 spiro atoms. The van der Waals surface area contributed by atoms with Crippen molar-refractivity contribution in [2.24, 2.45) is 5.92 Å². The van der Waals surface area contributed by atoms with E-state index in [1.54, 1.807) is 31.5 Å². The highest BCUT2D eigenvalue weighted by Crippen LogP contribution is 2.01. The zero-order valence-corrected chi connectivity index (χ0v) is 9.73. The third-order valence-corrected chi connectivity index (χ3v) is 2.29. The first kappa shape index (κ1) is 12.4. The summed E-state index contributed by atoms with van der Waals surface area (Å²) in [6.07, 6.45) is 3.09. The summed E-state index contributed by atoms with van der Waals surface area (Å²) in [7, 11) is 0. The second-order valence-corrected chi connectivity index (χ2v) is 3.99. The molecular formula is C12H16N2O2. The van der Waals surface area contributed by atoms with Gasteiger partial charge in [0, 0.05) is 23.9 Å². The first-order chi connectivity index (χ1) is 7.52. The van der Waals surface area contributed by atoms with Crippen molar-refractivity contribution >= 4 is 11.7 Å². The Labute approximate surface area is 95.1 Å². The molecule has 0 aromatic carbocycles. The number of hydrogen-bond acceptors (Lipinski definition) is 3. The second kappa shape index (κ2) is 5.39. The molecule has 1 rings (SSSR count). The van der Waals surface area contributed by atoms with E-state index >= 15 is 0 Å². The van der Waals surface area contributed by atoms with E-state index in [2.05, 4.69) is 10.3 Å². The molecule has 1 heterocycles. The predicted molar refractivity (Wildman–Crippen MR) is 61.0 cm³/mol. The lowest BCUT2D eigenvalue weighted by atomic mass is 10.0. The van der Waals surface area contributed by atoms with Crippen molar-refractivity contribution in [3.05, 3.63) is 30.1 Å². The summed E-state index contributed by atoms with van der Waals surface area (Å²) in [6.45, 7) is 5.33. The van der Waals surface area contributed by atoms with Crippen LogP contribution < -0.4 is 5.32 Å². The lowest BCUT2D eigenvalue weighted by molar-refractivity contribution is -0.123. The van der Waals surface area contributed by atoms with Crippen LogP contribution >= 0.6 is 0 Å². The van der Waals surface area contributed by atoms with Gasteiger partial charge in [-0.15, -0.1) is 0 Å². The zero-order chi connectivity index (χ0) is 12.1. The summed E-state index contributed by atoms with van der Waals surface area (Å²) in [6, 6.07) is 2.77. The summed E-state index contributed by atoms with van der Waals surface area (Å²) in [4.78, 5) is 27.1. The summed E-state index contributed by atoms with van der Waals surface area (Å²) in [5.41, 5.74) is 0.512. The Hall–Kier alpha value is -1.71. The highest BCUT2D eigenvalue weighted by molar-refractivity contribution is 5.97. The van der Waals surface area contributed by atoms with Crippen molar-refractivity contribution in [3.8, 4) is 0 Å². The number of aromatic nitrogens is 1. The Morgan fingerprint density at radius 3 is 2.25 bits per heavy atom. The summed E-state index contributed by atoms with van der Waals surface area (Å²) in [5, 5.41) is 2.66. The van der Waals surface area contributed by atoms with Gasteiger partial charge in [-0.3, -0.25) is 14.6 Å². The van der Waals surface area contributed by atoms with Crippen molar-refractivity contribution in [1.29, 1.82) is 0 Å². The smallest absolute Gasteiger partial charge is 0.251 e. The molecule has 1 N–H and O–H groups in total. The maximum absolute atomic E-state index is 11.7. The first-order valence-electron chi connectivity index (χ1n) is 5.27. The molecular weight excluding hydrogens is 204 g/mol. The van der Waals surface area contributed by atoms with Gasteiger partial charge in [0.25, 0.3) is 5.91 Å². The predicted octanol–water partition coefficient (Wildman–Crippen LogP) is 1.43. The minimum absolute atomic E-state index is 0.0300. The van der Waals surface area contributed by atoms with Crippen molar-refractivity contribution in [2.45, 2.75) is 26.8 Å². The first-order valence-corrected chi connectivity index (χ1v) is 5.27. The maximum atomic E-state index is 11.7. The fourth-order valence-electron chi connectivity index (χ4n) is 1.35. The van der Waals surface area contributed by atoms with Crippen molar-refractivity contribution in [3.63, 3.8) is 0 Å². The summed E-state index contributed by atoms with van der Waals surface area (Å²) >= 11 is 0. The highest BCUT2D eigenvalue weighted by Gasteiger charge is 2.18. The SMILES string of the molecule is CC(C)C(=O)[C@@H](C)NC(=O)c1ccncc1. The van der Waals surface area contributed by atoms with E-state index in [4.69, 9.17) is 0 Å². The average Bonchev–Trinajstić information content (AvgIpc) is 2.28. The van der Waals surface area contributed by atoms with Gasteiger partial charge in [-0.1, -0.05) is 13.8 Å². The molecule has 0 aliphatic carbocycles. The number of ketones is 1. The standard InChI is InChI=1S/C12H16N2O2/c1-8(2)11(15)9(3)14-12(16)10-4-6-13-7-5-10/h4-9H,1-3H3,(H,14,16)/t9-/m1/s1. The van der Waals surface area contributed by atoms with Crippen LogP contribution in [0.1, 0.15) is 31.1 Å². The normalized spacial score (nSPS) is 12.2. The topological polar surface area (TPSA) is 59.1 Å². The van der Waals surface area contributed by atoms with Crippen LogP contribution in [0.2, 0.25) is 0 Å². The number of Topliss-reactive ketones (excluding diaryl/α,β-unsaturated/α-hetero) is 1. The Bertz CT molecular complexity index is 374. The highest BCUT2D eigenvalue weighted by atomic mass is 16.2. The van der Waals surface area contributed by atoms with Crippen LogP contribution in [-0.4, -0.2) is 22.7 Å².